The molecule has 0 saturated heterocycles. The molecular weight excluding hydrogens is 290 g/mol. The smallest absolute Gasteiger partial charge is 0.251 e. The maximum atomic E-state index is 12.0. The molecule has 0 unspecified atom stereocenters. The molecule has 0 fully saturated rings. The molecule has 1 aromatic carbocycles. The summed E-state index contributed by atoms with van der Waals surface area (Å²) < 4.78 is 0. The Hall–Kier alpha value is -1.75. The van der Waals surface area contributed by atoms with E-state index in [0.717, 1.165) is 24.2 Å². The summed E-state index contributed by atoms with van der Waals surface area (Å²) >= 11 is 0. The Labute approximate surface area is 131 Å². The van der Waals surface area contributed by atoms with Gasteiger partial charge in [-0.1, -0.05) is 0 Å². The summed E-state index contributed by atoms with van der Waals surface area (Å²) in [4.78, 5) is 23.6. The van der Waals surface area contributed by atoms with Crippen LogP contribution in [-0.4, -0.2) is 30.4 Å². The van der Waals surface area contributed by atoms with Crippen LogP contribution in [0, 0.1) is 0 Å². The van der Waals surface area contributed by atoms with Crippen molar-refractivity contribution in [2.75, 3.05) is 18.4 Å². The van der Waals surface area contributed by atoms with E-state index in [1.807, 2.05) is 32.9 Å². The van der Waals surface area contributed by atoms with Crippen molar-refractivity contribution in [2.45, 2.75) is 32.7 Å². The van der Waals surface area contributed by atoms with E-state index in [9.17, 15) is 9.59 Å². The largest absolute Gasteiger partial charge is 0.384 e. The maximum Gasteiger partial charge on any atom is 0.251 e. The lowest BCUT2D eigenvalue weighted by atomic mass is 10.1. The fourth-order valence-electron chi connectivity index (χ4n) is 2.17. The lowest BCUT2D eigenvalue weighted by Gasteiger charge is -2.20. The van der Waals surface area contributed by atoms with Crippen LogP contribution in [-0.2, 0) is 11.2 Å². The van der Waals surface area contributed by atoms with Crippen molar-refractivity contribution in [3.8, 4) is 0 Å². The second kappa shape index (κ2) is 6.80. The first-order valence-electron chi connectivity index (χ1n) is 6.81. The number of anilines is 1. The predicted octanol–water partition coefficient (Wildman–Crippen LogP) is 1.72. The molecular formula is C15H22ClN3O2. The zero-order chi connectivity index (χ0) is 14.8. The van der Waals surface area contributed by atoms with Crippen LogP contribution in [0.4, 0.5) is 5.69 Å². The first-order chi connectivity index (χ1) is 9.35. The molecule has 21 heavy (non-hydrogen) atoms. The Morgan fingerprint density at radius 2 is 2.00 bits per heavy atom. The first-order valence-corrected chi connectivity index (χ1v) is 6.81. The summed E-state index contributed by atoms with van der Waals surface area (Å²) in [5.74, 6) is -0.405. The van der Waals surface area contributed by atoms with Crippen molar-refractivity contribution >= 4 is 29.9 Å². The summed E-state index contributed by atoms with van der Waals surface area (Å²) in [5.41, 5.74) is 2.54. The summed E-state index contributed by atoms with van der Waals surface area (Å²) in [6.07, 6.45) is 0.932. The minimum Gasteiger partial charge on any atom is -0.384 e. The fraction of sp³-hybridized carbons (Fsp3) is 0.467. The Morgan fingerprint density at radius 3 is 2.67 bits per heavy atom. The SMILES string of the molecule is CC(C)(C)NC(=O)CNC(=O)c1ccc2c(c1)CCN2.Cl. The van der Waals surface area contributed by atoms with Gasteiger partial charge in [-0.05, 0) is 51.0 Å². The minimum atomic E-state index is -0.291. The molecule has 5 nitrogen and oxygen atoms in total. The van der Waals surface area contributed by atoms with Gasteiger partial charge in [-0.15, -0.1) is 12.4 Å². The van der Waals surface area contributed by atoms with E-state index in [-0.39, 0.29) is 36.3 Å². The van der Waals surface area contributed by atoms with Crippen molar-refractivity contribution < 1.29 is 9.59 Å². The number of halogens is 1. The van der Waals surface area contributed by atoms with E-state index in [4.69, 9.17) is 0 Å². The fourth-order valence-corrected chi connectivity index (χ4v) is 2.17. The van der Waals surface area contributed by atoms with Gasteiger partial charge < -0.3 is 16.0 Å². The van der Waals surface area contributed by atoms with Crippen LogP contribution in [0.1, 0.15) is 36.7 Å². The van der Waals surface area contributed by atoms with E-state index >= 15 is 0 Å². The molecule has 1 aliphatic heterocycles. The highest BCUT2D eigenvalue weighted by Crippen LogP contribution is 2.22. The van der Waals surface area contributed by atoms with Gasteiger partial charge in [0.15, 0.2) is 0 Å². The number of carbonyl (C=O) groups is 2. The van der Waals surface area contributed by atoms with Gasteiger partial charge in [0.2, 0.25) is 5.91 Å². The van der Waals surface area contributed by atoms with Crippen LogP contribution in [0.2, 0.25) is 0 Å². The van der Waals surface area contributed by atoms with Crippen LogP contribution in [0.3, 0.4) is 0 Å². The van der Waals surface area contributed by atoms with Crippen molar-refractivity contribution in [3.05, 3.63) is 29.3 Å². The zero-order valence-corrected chi connectivity index (χ0v) is 13.4. The van der Waals surface area contributed by atoms with Crippen molar-refractivity contribution in [1.29, 1.82) is 0 Å². The highest BCUT2D eigenvalue weighted by molar-refractivity contribution is 5.97. The van der Waals surface area contributed by atoms with Crippen LogP contribution in [0.5, 0.6) is 0 Å². The maximum absolute atomic E-state index is 12.0. The topological polar surface area (TPSA) is 70.2 Å². The normalized spacial score (nSPS) is 12.7. The predicted molar refractivity (Wildman–Crippen MR) is 86.1 cm³/mol. The third kappa shape index (κ3) is 4.93. The van der Waals surface area contributed by atoms with Crippen molar-refractivity contribution in [1.82, 2.24) is 10.6 Å². The number of benzene rings is 1. The Morgan fingerprint density at radius 1 is 1.29 bits per heavy atom. The quantitative estimate of drug-likeness (QED) is 0.796. The molecule has 1 aromatic rings. The molecule has 0 aliphatic carbocycles. The van der Waals surface area contributed by atoms with E-state index in [0.29, 0.717) is 5.56 Å². The third-order valence-corrected chi connectivity index (χ3v) is 3.00. The third-order valence-electron chi connectivity index (χ3n) is 3.00. The highest BCUT2D eigenvalue weighted by Gasteiger charge is 2.16. The molecule has 0 atom stereocenters. The van der Waals surface area contributed by atoms with Crippen molar-refractivity contribution in [3.63, 3.8) is 0 Å². The van der Waals surface area contributed by atoms with Gasteiger partial charge >= 0.3 is 0 Å². The van der Waals surface area contributed by atoms with Crippen LogP contribution < -0.4 is 16.0 Å². The molecule has 1 heterocycles. The number of fused-ring (bicyclic) bond motifs is 1. The van der Waals surface area contributed by atoms with Gasteiger partial charge in [0.05, 0.1) is 6.54 Å². The zero-order valence-electron chi connectivity index (χ0n) is 12.6. The molecule has 3 N–H and O–H groups in total. The van der Waals surface area contributed by atoms with Crippen LogP contribution in [0.15, 0.2) is 18.2 Å². The van der Waals surface area contributed by atoms with Gasteiger partial charge in [0.1, 0.15) is 0 Å². The number of hydrogen-bond acceptors (Lipinski definition) is 3. The molecule has 0 radical (unpaired) electrons. The summed E-state index contributed by atoms with van der Waals surface area (Å²) in [5, 5.41) is 8.69. The molecule has 0 saturated carbocycles. The van der Waals surface area contributed by atoms with Gasteiger partial charge in [0.25, 0.3) is 5.91 Å². The average molecular weight is 312 g/mol. The van der Waals surface area contributed by atoms with Gasteiger partial charge in [0, 0.05) is 23.3 Å². The van der Waals surface area contributed by atoms with E-state index in [2.05, 4.69) is 16.0 Å². The van der Waals surface area contributed by atoms with Crippen molar-refractivity contribution in [2.24, 2.45) is 0 Å². The van der Waals surface area contributed by atoms with Gasteiger partial charge in [-0.2, -0.15) is 0 Å². The number of amides is 2. The molecule has 2 amide bonds. The number of rotatable bonds is 3. The first kappa shape index (κ1) is 17.3. The Kier molecular flexibility index (Phi) is 5.61. The van der Waals surface area contributed by atoms with E-state index in [1.54, 1.807) is 6.07 Å². The lowest BCUT2D eigenvalue weighted by Crippen LogP contribution is -2.45. The molecule has 1 aliphatic rings. The Balaban J connectivity index is 0.00000220. The molecule has 0 aromatic heterocycles. The molecule has 2 rings (SSSR count). The number of hydrogen-bond donors (Lipinski definition) is 3. The Bertz CT molecular complexity index is 538. The highest BCUT2D eigenvalue weighted by atomic mass is 35.5. The second-order valence-corrected chi connectivity index (χ2v) is 6.03. The molecule has 0 spiro atoms. The van der Waals surface area contributed by atoms with E-state index < -0.39 is 0 Å². The average Bonchev–Trinajstić information content (AvgIpc) is 2.80. The standard InChI is InChI=1S/C15H21N3O2.ClH/c1-15(2,3)18-13(19)9-17-14(20)11-4-5-12-10(8-11)6-7-16-12;/h4-5,8,16H,6-7,9H2,1-3H3,(H,17,20)(H,18,19);1H. The minimum absolute atomic E-state index is 0. The van der Waals surface area contributed by atoms with Gasteiger partial charge in [-0.3, -0.25) is 9.59 Å². The number of nitrogens with one attached hydrogen (secondary N) is 3. The number of carbonyl (C=O) groups excluding carboxylic acids is 2. The molecule has 6 heteroatoms. The molecule has 116 valence electrons. The lowest BCUT2D eigenvalue weighted by molar-refractivity contribution is -0.121. The summed E-state index contributed by atoms with van der Waals surface area (Å²) in [7, 11) is 0. The van der Waals surface area contributed by atoms with E-state index in [1.165, 1.54) is 0 Å². The second-order valence-electron chi connectivity index (χ2n) is 6.03. The monoisotopic (exact) mass is 311 g/mol. The summed E-state index contributed by atoms with van der Waals surface area (Å²) in [6, 6.07) is 5.56. The van der Waals surface area contributed by atoms with Crippen LogP contribution >= 0.6 is 12.4 Å². The summed E-state index contributed by atoms with van der Waals surface area (Å²) in [6.45, 7) is 6.61. The van der Waals surface area contributed by atoms with Gasteiger partial charge in [-0.25, -0.2) is 0 Å². The molecule has 0 bridgehead atoms. The van der Waals surface area contributed by atoms with Crippen LogP contribution in [0.25, 0.3) is 0 Å².